The van der Waals surface area contributed by atoms with Crippen molar-refractivity contribution < 1.29 is 0 Å². The van der Waals surface area contributed by atoms with E-state index >= 15 is 0 Å². The summed E-state index contributed by atoms with van der Waals surface area (Å²) in [6.07, 6.45) is 0.941. The molecule has 2 rings (SSSR count). The second kappa shape index (κ2) is 6.73. The summed E-state index contributed by atoms with van der Waals surface area (Å²) in [5, 5.41) is 0. The minimum atomic E-state index is 0.702. The fourth-order valence-electron chi connectivity index (χ4n) is 2.04. The molecule has 0 heterocycles. The lowest BCUT2D eigenvalue weighted by atomic mass is 10.1. The Morgan fingerprint density at radius 3 is 2.11 bits per heavy atom. The molecule has 0 saturated carbocycles. The minimum absolute atomic E-state index is 0.702. The zero-order chi connectivity index (χ0) is 13.7. The average Bonchev–Trinajstić information content (AvgIpc) is 2.42. The molecule has 0 atom stereocenters. The summed E-state index contributed by atoms with van der Waals surface area (Å²) in [7, 11) is 2.11. The second-order valence-electron chi connectivity index (χ2n) is 4.69. The lowest BCUT2D eigenvalue weighted by Crippen LogP contribution is -2.16. The van der Waals surface area contributed by atoms with Crippen LogP contribution in [0.3, 0.4) is 0 Å². The van der Waals surface area contributed by atoms with Gasteiger partial charge in [-0.3, -0.25) is 0 Å². The van der Waals surface area contributed by atoms with Gasteiger partial charge in [0.05, 0.1) is 0 Å². The Balaban J connectivity index is 2.02. The van der Waals surface area contributed by atoms with Crippen molar-refractivity contribution >= 4 is 21.6 Å². The number of rotatable bonds is 5. The predicted octanol–water partition coefficient (Wildman–Crippen LogP) is 3.59. The van der Waals surface area contributed by atoms with Crippen LogP contribution in [-0.4, -0.2) is 13.6 Å². The Morgan fingerprint density at radius 1 is 0.947 bits per heavy atom. The molecule has 0 aliphatic rings. The number of hydrogen-bond acceptors (Lipinski definition) is 2. The Labute approximate surface area is 123 Å². The van der Waals surface area contributed by atoms with Crippen molar-refractivity contribution in [1.29, 1.82) is 0 Å². The van der Waals surface area contributed by atoms with E-state index in [4.69, 9.17) is 5.73 Å². The molecule has 2 aromatic carbocycles. The van der Waals surface area contributed by atoms with Crippen LogP contribution in [-0.2, 0) is 13.0 Å². The first-order chi connectivity index (χ1) is 9.19. The Hall–Kier alpha value is -1.32. The number of nitrogens with zero attached hydrogens (tertiary/aromatic N) is 1. The monoisotopic (exact) mass is 318 g/mol. The van der Waals surface area contributed by atoms with Crippen molar-refractivity contribution in [2.24, 2.45) is 5.73 Å². The smallest absolute Gasteiger partial charge is 0.0426 e. The average molecular weight is 319 g/mol. The molecule has 19 heavy (non-hydrogen) atoms. The summed E-state index contributed by atoms with van der Waals surface area (Å²) in [5.41, 5.74) is 9.38. The number of halogens is 1. The number of anilines is 1. The largest absolute Gasteiger partial charge is 0.370 e. The molecule has 0 aliphatic carbocycles. The van der Waals surface area contributed by atoms with Crippen LogP contribution < -0.4 is 10.6 Å². The van der Waals surface area contributed by atoms with Crippen molar-refractivity contribution in [1.82, 2.24) is 0 Å². The maximum absolute atomic E-state index is 5.56. The van der Waals surface area contributed by atoms with Crippen LogP contribution in [0.4, 0.5) is 5.69 Å². The van der Waals surface area contributed by atoms with Crippen molar-refractivity contribution in [2.45, 2.75) is 13.0 Å². The topological polar surface area (TPSA) is 29.3 Å². The summed E-state index contributed by atoms with van der Waals surface area (Å²) in [4.78, 5) is 2.25. The maximum atomic E-state index is 5.56. The van der Waals surface area contributed by atoms with Crippen LogP contribution in [0.1, 0.15) is 11.1 Å². The van der Waals surface area contributed by atoms with Crippen LogP contribution in [0.2, 0.25) is 0 Å². The molecule has 2 aromatic rings. The molecule has 3 heteroatoms. The molecule has 2 N–H and O–H groups in total. The molecule has 0 spiro atoms. The van der Waals surface area contributed by atoms with Gasteiger partial charge in [0.1, 0.15) is 0 Å². The van der Waals surface area contributed by atoms with Crippen molar-refractivity contribution in [3.8, 4) is 0 Å². The van der Waals surface area contributed by atoms with Gasteiger partial charge in [-0.1, -0.05) is 40.2 Å². The predicted molar refractivity (Wildman–Crippen MR) is 85.4 cm³/mol. The number of hydrogen-bond donors (Lipinski definition) is 1. The molecule has 0 unspecified atom stereocenters. The normalized spacial score (nSPS) is 10.5. The molecule has 0 saturated heterocycles. The van der Waals surface area contributed by atoms with Gasteiger partial charge in [-0.05, 0) is 48.4 Å². The number of nitrogens with two attached hydrogens (primary N) is 1. The molecule has 0 aromatic heterocycles. The van der Waals surface area contributed by atoms with Crippen LogP contribution in [0.15, 0.2) is 53.0 Å². The lowest BCUT2D eigenvalue weighted by molar-refractivity contribution is 0.918. The van der Waals surface area contributed by atoms with E-state index in [1.807, 2.05) is 0 Å². The van der Waals surface area contributed by atoms with Gasteiger partial charge >= 0.3 is 0 Å². The van der Waals surface area contributed by atoms with Gasteiger partial charge in [-0.2, -0.15) is 0 Å². The lowest BCUT2D eigenvalue weighted by Gasteiger charge is -2.19. The van der Waals surface area contributed by atoms with Gasteiger partial charge in [0.25, 0.3) is 0 Å². The van der Waals surface area contributed by atoms with E-state index < -0.39 is 0 Å². The van der Waals surface area contributed by atoms with Crippen molar-refractivity contribution in [2.75, 3.05) is 18.5 Å². The first kappa shape index (κ1) is 14.1. The van der Waals surface area contributed by atoms with E-state index in [9.17, 15) is 0 Å². The summed E-state index contributed by atoms with van der Waals surface area (Å²) >= 11 is 3.46. The summed E-state index contributed by atoms with van der Waals surface area (Å²) in [6.45, 7) is 1.61. The van der Waals surface area contributed by atoms with E-state index in [0.717, 1.165) is 17.4 Å². The summed E-state index contributed by atoms with van der Waals surface area (Å²) in [5.74, 6) is 0. The third kappa shape index (κ3) is 4.08. The SMILES string of the molecule is CN(Cc1ccc(Br)cc1)c1ccc(CCN)cc1. The fraction of sp³-hybridized carbons (Fsp3) is 0.250. The standard InChI is InChI=1S/C16H19BrN2/c1-19(12-14-2-6-15(17)7-3-14)16-8-4-13(5-9-16)10-11-18/h2-9H,10-12,18H2,1H3. The molecule has 0 aliphatic heterocycles. The van der Waals surface area contributed by atoms with E-state index in [0.29, 0.717) is 6.54 Å². The molecule has 2 nitrogen and oxygen atoms in total. The highest BCUT2D eigenvalue weighted by Gasteiger charge is 2.02. The molecule has 100 valence electrons. The minimum Gasteiger partial charge on any atom is -0.370 e. The Morgan fingerprint density at radius 2 is 1.53 bits per heavy atom. The van der Waals surface area contributed by atoms with Gasteiger partial charge in [0.2, 0.25) is 0 Å². The van der Waals surface area contributed by atoms with Gasteiger partial charge < -0.3 is 10.6 Å². The van der Waals surface area contributed by atoms with Gasteiger partial charge in [-0.15, -0.1) is 0 Å². The van der Waals surface area contributed by atoms with E-state index in [2.05, 4.69) is 76.4 Å². The Bertz CT molecular complexity index is 505. The maximum Gasteiger partial charge on any atom is 0.0426 e. The molecule has 0 radical (unpaired) electrons. The van der Waals surface area contributed by atoms with Crippen LogP contribution in [0.25, 0.3) is 0 Å². The van der Waals surface area contributed by atoms with Crippen molar-refractivity contribution in [3.63, 3.8) is 0 Å². The molecule has 0 bridgehead atoms. The van der Waals surface area contributed by atoms with Gasteiger partial charge in [0, 0.05) is 23.8 Å². The summed E-state index contributed by atoms with van der Waals surface area (Å²) in [6, 6.07) is 17.1. The first-order valence-corrected chi connectivity index (χ1v) is 7.23. The van der Waals surface area contributed by atoms with E-state index in [-0.39, 0.29) is 0 Å². The van der Waals surface area contributed by atoms with E-state index in [1.54, 1.807) is 0 Å². The third-order valence-corrected chi connectivity index (χ3v) is 3.67. The van der Waals surface area contributed by atoms with E-state index in [1.165, 1.54) is 16.8 Å². The quantitative estimate of drug-likeness (QED) is 0.912. The molecular formula is C16H19BrN2. The molecule has 0 fully saturated rings. The van der Waals surface area contributed by atoms with Crippen LogP contribution >= 0.6 is 15.9 Å². The van der Waals surface area contributed by atoms with Crippen molar-refractivity contribution in [3.05, 3.63) is 64.1 Å². The first-order valence-electron chi connectivity index (χ1n) is 6.43. The highest BCUT2D eigenvalue weighted by atomic mass is 79.9. The summed E-state index contributed by atoms with van der Waals surface area (Å²) < 4.78 is 1.12. The van der Waals surface area contributed by atoms with Crippen LogP contribution in [0, 0.1) is 0 Å². The number of benzene rings is 2. The third-order valence-electron chi connectivity index (χ3n) is 3.14. The Kier molecular flexibility index (Phi) is 5.00. The zero-order valence-corrected chi connectivity index (χ0v) is 12.7. The molecule has 0 amide bonds. The highest BCUT2D eigenvalue weighted by Crippen LogP contribution is 2.18. The zero-order valence-electron chi connectivity index (χ0n) is 11.1. The fourth-order valence-corrected chi connectivity index (χ4v) is 2.30. The second-order valence-corrected chi connectivity index (χ2v) is 5.60. The van der Waals surface area contributed by atoms with Crippen LogP contribution in [0.5, 0.6) is 0 Å². The highest BCUT2D eigenvalue weighted by molar-refractivity contribution is 9.10. The van der Waals surface area contributed by atoms with Gasteiger partial charge in [-0.25, -0.2) is 0 Å². The molecular weight excluding hydrogens is 300 g/mol. The van der Waals surface area contributed by atoms with Gasteiger partial charge in [0.15, 0.2) is 0 Å².